The Bertz CT molecular complexity index is 783. The first-order valence-electron chi connectivity index (χ1n) is 8.67. The zero-order valence-corrected chi connectivity index (χ0v) is 16.9. The van der Waals surface area contributed by atoms with Crippen LogP contribution in [0.3, 0.4) is 0 Å². The molecule has 3 rings (SSSR count). The van der Waals surface area contributed by atoms with Gasteiger partial charge in [0.15, 0.2) is 5.16 Å². The molecule has 1 amide bonds. The lowest BCUT2D eigenvalue weighted by Gasteiger charge is -2.36. The Hall–Kier alpha value is -1.79. The van der Waals surface area contributed by atoms with Crippen LogP contribution in [-0.4, -0.2) is 52.7 Å². The van der Waals surface area contributed by atoms with Crippen molar-refractivity contribution in [2.75, 3.05) is 36.8 Å². The van der Waals surface area contributed by atoms with E-state index in [0.717, 1.165) is 40.8 Å². The third-order valence-corrected chi connectivity index (χ3v) is 5.91. The van der Waals surface area contributed by atoms with Crippen molar-refractivity contribution in [2.45, 2.75) is 25.9 Å². The van der Waals surface area contributed by atoms with Gasteiger partial charge in [-0.2, -0.15) is 0 Å². The minimum absolute atomic E-state index is 0.133. The highest BCUT2D eigenvalue weighted by atomic mass is 35.5. The van der Waals surface area contributed by atoms with Gasteiger partial charge in [0.2, 0.25) is 5.91 Å². The number of anilines is 1. The fourth-order valence-corrected chi connectivity index (χ4v) is 4.02. The zero-order valence-electron chi connectivity index (χ0n) is 15.3. The summed E-state index contributed by atoms with van der Waals surface area (Å²) >= 11 is 7.68. The van der Waals surface area contributed by atoms with E-state index in [1.807, 2.05) is 49.9 Å². The van der Waals surface area contributed by atoms with Gasteiger partial charge in [-0.15, -0.1) is 0 Å². The second-order valence-corrected chi connectivity index (χ2v) is 7.76. The number of carbonyl (C=O) groups is 1. The van der Waals surface area contributed by atoms with E-state index in [9.17, 15) is 4.79 Å². The lowest BCUT2D eigenvalue weighted by Crippen LogP contribution is -2.49. The summed E-state index contributed by atoms with van der Waals surface area (Å²) < 4.78 is 0. The van der Waals surface area contributed by atoms with Gasteiger partial charge in [0, 0.05) is 37.6 Å². The number of piperazine rings is 1. The molecule has 0 unspecified atom stereocenters. The summed E-state index contributed by atoms with van der Waals surface area (Å²) in [7, 11) is 0. The molecule has 2 aromatic rings. The van der Waals surface area contributed by atoms with Crippen molar-refractivity contribution in [3.63, 3.8) is 0 Å². The van der Waals surface area contributed by atoms with Crippen molar-refractivity contribution in [3.05, 3.63) is 46.2 Å². The Kier molecular flexibility index (Phi) is 6.04. The molecule has 0 N–H and O–H groups in total. The number of benzene rings is 1. The molecule has 1 fully saturated rings. The van der Waals surface area contributed by atoms with E-state index < -0.39 is 0 Å². The molecule has 7 heteroatoms. The number of amides is 1. The molecule has 138 valence electrons. The largest absolute Gasteiger partial charge is 0.367 e. The summed E-state index contributed by atoms with van der Waals surface area (Å²) in [5.41, 5.74) is 4.09. The maximum atomic E-state index is 12.5. The first-order chi connectivity index (χ1) is 12.5. The van der Waals surface area contributed by atoms with Gasteiger partial charge in [-0.1, -0.05) is 35.5 Å². The van der Waals surface area contributed by atoms with Crippen LogP contribution in [0.1, 0.15) is 17.0 Å². The number of aromatic nitrogens is 2. The monoisotopic (exact) mass is 390 g/mol. The molecule has 0 atom stereocenters. The van der Waals surface area contributed by atoms with Crippen LogP contribution in [0.4, 0.5) is 5.69 Å². The number of para-hydroxylation sites is 1. The molecule has 2 heterocycles. The number of halogens is 1. The Labute approximate surface area is 163 Å². The summed E-state index contributed by atoms with van der Waals surface area (Å²) in [5, 5.41) is 1.43. The first-order valence-corrected chi connectivity index (χ1v) is 10.0. The number of hydrogen-bond acceptors (Lipinski definition) is 5. The van der Waals surface area contributed by atoms with Gasteiger partial charge in [-0.3, -0.25) is 4.79 Å². The van der Waals surface area contributed by atoms with Gasteiger partial charge in [0.25, 0.3) is 0 Å². The Balaban J connectivity index is 1.53. The van der Waals surface area contributed by atoms with E-state index in [-0.39, 0.29) is 5.91 Å². The highest BCUT2D eigenvalue weighted by Crippen LogP contribution is 2.26. The van der Waals surface area contributed by atoms with Gasteiger partial charge < -0.3 is 9.80 Å². The average Bonchev–Trinajstić information content (AvgIpc) is 2.64. The van der Waals surface area contributed by atoms with Crippen LogP contribution in [0.15, 0.2) is 29.4 Å². The quantitative estimate of drug-likeness (QED) is 0.590. The van der Waals surface area contributed by atoms with E-state index in [1.165, 1.54) is 11.8 Å². The van der Waals surface area contributed by atoms with Gasteiger partial charge >= 0.3 is 0 Å². The Morgan fingerprint density at radius 1 is 1.08 bits per heavy atom. The molecule has 26 heavy (non-hydrogen) atoms. The summed E-state index contributed by atoms with van der Waals surface area (Å²) in [6.45, 7) is 8.96. The van der Waals surface area contributed by atoms with E-state index in [2.05, 4.69) is 14.9 Å². The minimum Gasteiger partial charge on any atom is -0.367 e. The maximum Gasteiger partial charge on any atom is 0.233 e. The number of carbonyl (C=O) groups excluding carboxylic acids is 1. The van der Waals surface area contributed by atoms with Crippen LogP contribution < -0.4 is 4.90 Å². The lowest BCUT2D eigenvalue weighted by atomic mass is 10.2. The topological polar surface area (TPSA) is 49.3 Å². The zero-order chi connectivity index (χ0) is 18.7. The van der Waals surface area contributed by atoms with Crippen molar-refractivity contribution in [1.82, 2.24) is 14.9 Å². The molecule has 1 aromatic heterocycles. The SMILES string of the molecule is Cc1nc(SCC(=O)N2CCN(c3ccccc3Cl)CC2)nc(C)c1C. The number of thioether (sulfide) groups is 1. The van der Waals surface area contributed by atoms with Crippen molar-refractivity contribution in [3.8, 4) is 0 Å². The fourth-order valence-electron chi connectivity index (χ4n) is 2.93. The number of hydrogen-bond donors (Lipinski definition) is 0. The fraction of sp³-hybridized carbons (Fsp3) is 0.421. The molecule has 1 aliphatic rings. The van der Waals surface area contributed by atoms with Crippen LogP contribution >= 0.6 is 23.4 Å². The Morgan fingerprint density at radius 2 is 1.69 bits per heavy atom. The van der Waals surface area contributed by atoms with Gasteiger partial charge in [-0.25, -0.2) is 9.97 Å². The highest BCUT2D eigenvalue weighted by Gasteiger charge is 2.22. The van der Waals surface area contributed by atoms with Crippen molar-refractivity contribution >= 4 is 35.0 Å². The second kappa shape index (κ2) is 8.27. The van der Waals surface area contributed by atoms with Crippen molar-refractivity contribution in [2.24, 2.45) is 0 Å². The number of nitrogens with zero attached hydrogens (tertiary/aromatic N) is 4. The molecule has 1 aromatic carbocycles. The predicted octanol–water partition coefficient (Wildman–Crippen LogP) is 3.50. The van der Waals surface area contributed by atoms with E-state index >= 15 is 0 Å². The second-order valence-electron chi connectivity index (χ2n) is 6.41. The van der Waals surface area contributed by atoms with E-state index in [4.69, 9.17) is 11.6 Å². The van der Waals surface area contributed by atoms with Crippen LogP contribution in [0.5, 0.6) is 0 Å². The van der Waals surface area contributed by atoms with Crippen LogP contribution in [0.25, 0.3) is 0 Å². The van der Waals surface area contributed by atoms with Gasteiger partial charge in [-0.05, 0) is 38.5 Å². The summed E-state index contributed by atoms with van der Waals surface area (Å²) in [5.74, 6) is 0.502. The Morgan fingerprint density at radius 3 is 2.31 bits per heavy atom. The molecule has 0 spiro atoms. The molecule has 1 aliphatic heterocycles. The highest BCUT2D eigenvalue weighted by molar-refractivity contribution is 7.99. The van der Waals surface area contributed by atoms with Crippen molar-refractivity contribution in [1.29, 1.82) is 0 Å². The summed E-state index contributed by atoms with van der Waals surface area (Å²) in [4.78, 5) is 25.6. The molecule has 0 aliphatic carbocycles. The standard InChI is InChI=1S/C19H23ClN4OS/c1-13-14(2)21-19(22-15(13)3)26-12-18(25)24-10-8-23(9-11-24)17-7-5-4-6-16(17)20/h4-7H,8-12H2,1-3H3. The molecule has 0 bridgehead atoms. The lowest BCUT2D eigenvalue weighted by molar-refractivity contribution is -0.128. The smallest absolute Gasteiger partial charge is 0.233 e. The predicted molar refractivity (Wildman–Crippen MR) is 107 cm³/mol. The summed E-state index contributed by atoms with van der Waals surface area (Å²) in [6, 6.07) is 7.84. The normalized spacial score (nSPS) is 14.6. The molecule has 0 saturated carbocycles. The van der Waals surface area contributed by atoms with E-state index in [1.54, 1.807) is 0 Å². The maximum absolute atomic E-state index is 12.5. The van der Waals surface area contributed by atoms with Gasteiger partial charge in [0.05, 0.1) is 16.5 Å². The van der Waals surface area contributed by atoms with E-state index in [0.29, 0.717) is 24.0 Å². The molecular weight excluding hydrogens is 368 g/mol. The van der Waals surface area contributed by atoms with Crippen LogP contribution in [0.2, 0.25) is 5.02 Å². The number of rotatable bonds is 4. The number of aryl methyl sites for hydroxylation is 2. The third-order valence-electron chi connectivity index (χ3n) is 4.76. The summed E-state index contributed by atoms with van der Waals surface area (Å²) in [6.07, 6.45) is 0. The van der Waals surface area contributed by atoms with Crippen LogP contribution in [0, 0.1) is 20.8 Å². The van der Waals surface area contributed by atoms with Crippen LogP contribution in [-0.2, 0) is 4.79 Å². The van der Waals surface area contributed by atoms with Gasteiger partial charge in [0.1, 0.15) is 0 Å². The molecular formula is C19H23ClN4OS. The minimum atomic E-state index is 0.133. The molecule has 5 nitrogen and oxygen atoms in total. The average molecular weight is 391 g/mol. The van der Waals surface area contributed by atoms with Crippen molar-refractivity contribution < 1.29 is 4.79 Å². The molecule has 0 radical (unpaired) electrons. The third kappa shape index (κ3) is 4.30. The molecule has 1 saturated heterocycles. The first kappa shape index (κ1) is 19.0.